The number of amides is 2. The zero-order valence-electron chi connectivity index (χ0n) is 16.4. The van der Waals surface area contributed by atoms with Gasteiger partial charge in [-0.15, -0.1) is 0 Å². The average Bonchev–Trinajstić information content (AvgIpc) is 3.09. The van der Waals surface area contributed by atoms with Crippen LogP contribution in [-0.4, -0.2) is 65.7 Å². The van der Waals surface area contributed by atoms with Crippen molar-refractivity contribution in [1.82, 2.24) is 10.2 Å². The van der Waals surface area contributed by atoms with Crippen molar-refractivity contribution in [3.63, 3.8) is 0 Å². The SMILES string of the molecule is CCNC(=O)[C@@H]1C[C@H](N)CN1C(=O)c1ccc2c(c1)CCCO2.O=C(O)C(F)(F)F. The highest BCUT2D eigenvalue weighted by Gasteiger charge is 2.39. The number of carbonyl (C=O) groups excluding carboxylic acids is 2. The van der Waals surface area contributed by atoms with Crippen molar-refractivity contribution in [1.29, 1.82) is 0 Å². The third kappa shape index (κ3) is 5.85. The molecule has 2 amide bonds. The van der Waals surface area contributed by atoms with Gasteiger partial charge < -0.3 is 25.8 Å². The molecule has 0 saturated carbocycles. The molecule has 0 spiro atoms. The van der Waals surface area contributed by atoms with Crippen molar-refractivity contribution in [2.24, 2.45) is 5.73 Å². The van der Waals surface area contributed by atoms with Crippen LogP contribution in [0, 0.1) is 0 Å². The summed E-state index contributed by atoms with van der Waals surface area (Å²) in [5, 5.41) is 9.91. The second kappa shape index (κ2) is 9.79. The van der Waals surface area contributed by atoms with Gasteiger partial charge in [-0.3, -0.25) is 9.59 Å². The van der Waals surface area contributed by atoms with E-state index in [1.807, 2.05) is 19.1 Å². The number of aryl methyl sites for hydroxylation is 1. The minimum Gasteiger partial charge on any atom is -0.493 e. The summed E-state index contributed by atoms with van der Waals surface area (Å²) in [6, 6.07) is 4.86. The molecule has 0 aliphatic carbocycles. The summed E-state index contributed by atoms with van der Waals surface area (Å²) in [5.41, 5.74) is 7.63. The van der Waals surface area contributed by atoms with E-state index in [0.717, 1.165) is 30.8 Å². The van der Waals surface area contributed by atoms with Gasteiger partial charge in [0, 0.05) is 24.7 Å². The first-order valence-corrected chi connectivity index (χ1v) is 9.44. The lowest BCUT2D eigenvalue weighted by Crippen LogP contribution is -2.46. The number of ether oxygens (including phenoxy) is 1. The number of halogens is 3. The van der Waals surface area contributed by atoms with Crippen LogP contribution in [0.25, 0.3) is 0 Å². The maximum atomic E-state index is 12.8. The summed E-state index contributed by atoms with van der Waals surface area (Å²) in [5.74, 6) is -2.17. The Morgan fingerprint density at radius 1 is 1.33 bits per heavy atom. The fraction of sp³-hybridized carbons (Fsp3) is 0.526. The molecule has 1 aromatic rings. The Morgan fingerprint density at radius 2 is 2.00 bits per heavy atom. The molecular formula is C19H24F3N3O5. The maximum absolute atomic E-state index is 12.8. The molecule has 2 aliphatic heterocycles. The van der Waals surface area contributed by atoms with Gasteiger partial charge in [0.05, 0.1) is 6.61 Å². The summed E-state index contributed by atoms with van der Waals surface area (Å²) >= 11 is 0. The molecule has 0 radical (unpaired) electrons. The first-order valence-electron chi connectivity index (χ1n) is 9.44. The minimum absolute atomic E-state index is 0.130. The van der Waals surface area contributed by atoms with Gasteiger partial charge in [0.2, 0.25) is 5.91 Å². The summed E-state index contributed by atoms with van der Waals surface area (Å²) in [6.07, 6.45) is -2.71. The standard InChI is InChI=1S/C17H23N3O3.C2HF3O2/c1-2-19-16(21)14-9-13(18)10-20(14)17(22)12-5-6-15-11(8-12)4-3-7-23-15;3-2(4,5)1(6)7/h5-6,8,13-14H,2-4,7,9-10,18H2,1H3,(H,19,21);(H,6,7)/t13-,14-;/m0./s1. The van der Waals surface area contributed by atoms with E-state index in [0.29, 0.717) is 25.1 Å². The molecule has 8 nitrogen and oxygen atoms in total. The van der Waals surface area contributed by atoms with E-state index >= 15 is 0 Å². The number of rotatable bonds is 3. The van der Waals surface area contributed by atoms with Gasteiger partial charge in [-0.1, -0.05) is 0 Å². The van der Waals surface area contributed by atoms with E-state index in [1.165, 1.54) is 0 Å². The average molecular weight is 431 g/mol. The van der Waals surface area contributed by atoms with E-state index in [4.69, 9.17) is 20.4 Å². The number of nitrogens with one attached hydrogen (secondary N) is 1. The molecule has 2 heterocycles. The maximum Gasteiger partial charge on any atom is 0.490 e. The van der Waals surface area contributed by atoms with E-state index in [2.05, 4.69) is 5.32 Å². The fourth-order valence-electron chi connectivity index (χ4n) is 3.29. The van der Waals surface area contributed by atoms with E-state index in [9.17, 15) is 22.8 Å². The third-order valence-corrected chi connectivity index (χ3v) is 4.65. The zero-order chi connectivity index (χ0) is 22.5. The largest absolute Gasteiger partial charge is 0.493 e. The van der Waals surface area contributed by atoms with Crippen molar-refractivity contribution in [3.8, 4) is 5.75 Å². The van der Waals surface area contributed by atoms with E-state index < -0.39 is 18.2 Å². The first kappa shape index (κ1) is 23.5. The van der Waals surface area contributed by atoms with Crippen molar-refractivity contribution >= 4 is 17.8 Å². The number of likely N-dealkylation sites (N-methyl/N-ethyl adjacent to an activating group) is 1. The van der Waals surface area contributed by atoms with Gasteiger partial charge in [0.25, 0.3) is 5.91 Å². The topological polar surface area (TPSA) is 122 Å². The van der Waals surface area contributed by atoms with Crippen molar-refractivity contribution in [2.75, 3.05) is 19.7 Å². The fourth-order valence-corrected chi connectivity index (χ4v) is 3.29. The summed E-state index contributed by atoms with van der Waals surface area (Å²) < 4.78 is 37.3. The predicted molar refractivity (Wildman–Crippen MR) is 100 cm³/mol. The molecular weight excluding hydrogens is 407 g/mol. The van der Waals surface area contributed by atoms with Gasteiger partial charge in [0.1, 0.15) is 11.8 Å². The lowest BCUT2D eigenvalue weighted by molar-refractivity contribution is -0.192. The molecule has 1 aromatic carbocycles. The quantitative estimate of drug-likeness (QED) is 0.664. The van der Waals surface area contributed by atoms with Crippen LogP contribution in [0.4, 0.5) is 13.2 Å². The Bertz CT molecular complexity index is 800. The monoisotopic (exact) mass is 431 g/mol. The Kier molecular flexibility index (Phi) is 7.65. The number of likely N-dealkylation sites (tertiary alicyclic amines) is 1. The number of nitrogens with zero attached hydrogens (tertiary/aromatic N) is 1. The Morgan fingerprint density at radius 3 is 2.60 bits per heavy atom. The normalized spacial score (nSPS) is 20.4. The second-order valence-corrected chi connectivity index (χ2v) is 6.94. The Balaban J connectivity index is 0.000000396. The molecule has 0 unspecified atom stereocenters. The number of nitrogens with two attached hydrogens (primary N) is 1. The van der Waals surface area contributed by atoms with Crippen molar-refractivity contribution in [2.45, 2.75) is 44.4 Å². The summed E-state index contributed by atoms with van der Waals surface area (Å²) in [6.45, 7) is 3.54. The van der Waals surface area contributed by atoms with Crippen LogP contribution in [0.5, 0.6) is 5.75 Å². The number of aliphatic carboxylic acids is 1. The molecule has 11 heteroatoms. The van der Waals surface area contributed by atoms with Crippen molar-refractivity contribution in [3.05, 3.63) is 29.3 Å². The number of fused-ring (bicyclic) bond motifs is 1. The van der Waals surface area contributed by atoms with Gasteiger partial charge in [-0.2, -0.15) is 13.2 Å². The predicted octanol–water partition coefficient (Wildman–Crippen LogP) is 1.32. The number of hydrogen-bond acceptors (Lipinski definition) is 5. The smallest absolute Gasteiger partial charge is 0.490 e. The molecule has 1 saturated heterocycles. The van der Waals surface area contributed by atoms with Gasteiger partial charge in [-0.25, -0.2) is 4.79 Å². The zero-order valence-corrected chi connectivity index (χ0v) is 16.4. The van der Waals surface area contributed by atoms with Gasteiger partial charge >= 0.3 is 12.1 Å². The Labute approximate surface area is 171 Å². The summed E-state index contributed by atoms with van der Waals surface area (Å²) in [7, 11) is 0. The van der Waals surface area contributed by atoms with E-state index in [-0.39, 0.29) is 17.9 Å². The number of carboxylic acids is 1. The summed E-state index contributed by atoms with van der Waals surface area (Å²) in [4.78, 5) is 35.5. The molecule has 166 valence electrons. The lowest BCUT2D eigenvalue weighted by Gasteiger charge is -2.24. The molecule has 0 aromatic heterocycles. The highest BCUT2D eigenvalue weighted by Crippen LogP contribution is 2.27. The molecule has 2 aliphatic rings. The Hall–Kier alpha value is -2.82. The van der Waals surface area contributed by atoms with Crippen LogP contribution >= 0.6 is 0 Å². The number of carbonyl (C=O) groups is 3. The highest BCUT2D eigenvalue weighted by atomic mass is 19.4. The third-order valence-electron chi connectivity index (χ3n) is 4.65. The number of alkyl halides is 3. The lowest BCUT2D eigenvalue weighted by atomic mass is 10.0. The molecule has 1 fully saturated rings. The van der Waals surface area contributed by atoms with E-state index in [1.54, 1.807) is 11.0 Å². The van der Waals surface area contributed by atoms with Gasteiger partial charge in [0.15, 0.2) is 0 Å². The molecule has 30 heavy (non-hydrogen) atoms. The van der Waals surface area contributed by atoms with Gasteiger partial charge in [-0.05, 0) is 49.9 Å². The minimum atomic E-state index is -5.08. The van der Waals surface area contributed by atoms with Crippen LogP contribution in [0.3, 0.4) is 0 Å². The number of carboxylic acid groups (broad SMARTS) is 1. The first-order chi connectivity index (χ1) is 14.0. The second-order valence-electron chi connectivity index (χ2n) is 6.94. The molecule has 3 rings (SSSR count). The van der Waals surface area contributed by atoms with Crippen LogP contribution in [0.15, 0.2) is 18.2 Å². The number of benzene rings is 1. The van der Waals surface area contributed by atoms with Crippen LogP contribution in [0.2, 0.25) is 0 Å². The highest BCUT2D eigenvalue weighted by molar-refractivity contribution is 5.98. The van der Waals surface area contributed by atoms with Crippen LogP contribution in [0.1, 0.15) is 35.7 Å². The molecule has 2 atom stereocenters. The van der Waals surface area contributed by atoms with Crippen molar-refractivity contribution < 1.29 is 37.4 Å². The molecule has 0 bridgehead atoms. The van der Waals surface area contributed by atoms with Crippen LogP contribution in [-0.2, 0) is 16.0 Å². The number of hydrogen-bond donors (Lipinski definition) is 3. The van der Waals surface area contributed by atoms with Crippen LogP contribution < -0.4 is 15.8 Å². The molecule has 4 N–H and O–H groups in total.